The molecule has 0 radical (unpaired) electrons. The van der Waals surface area contributed by atoms with Gasteiger partial charge in [-0.2, -0.15) is 12.6 Å². The van der Waals surface area contributed by atoms with E-state index in [1.54, 1.807) is 24.5 Å². The second-order valence-electron chi connectivity index (χ2n) is 10.4. The number of hydrogen-bond donors (Lipinski definition) is 3. The summed E-state index contributed by atoms with van der Waals surface area (Å²) >= 11 is 4.20. The second-order valence-corrected chi connectivity index (χ2v) is 10.8. The maximum Gasteiger partial charge on any atom is 0.260 e. The third-order valence-corrected chi connectivity index (χ3v) is 7.07. The standard InChI is InChI=1S/C27H37N3O3S/c1-26(2,3)20-12-14-22(15-13-20)30(25(32)27(4,33)18-34)23(19-9-8-16-28-17-19)24(31)29-21-10-6-5-7-11-21/h8-9,12-17,21,23,33-34H,5-7,10-11,18H2,1-4H3,(H,29,31)/t23-,27-/m1/s1. The van der Waals surface area contributed by atoms with Crippen LogP contribution in [-0.2, 0) is 15.0 Å². The van der Waals surface area contributed by atoms with E-state index in [4.69, 9.17) is 0 Å². The van der Waals surface area contributed by atoms with Crippen LogP contribution >= 0.6 is 12.6 Å². The van der Waals surface area contributed by atoms with E-state index in [-0.39, 0.29) is 23.1 Å². The van der Waals surface area contributed by atoms with Gasteiger partial charge in [0.05, 0.1) is 0 Å². The Morgan fingerprint density at radius 2 is 1.76 bits per heavy atom. The Morgan fingerprint density at radius 1 is 1.12 bits per heavy atom. The molecule has 0 spiro atoms. The van der Waals surface area contributed by atoms with Crippen molar-refractivity contribution in [1.29, 1.82) is 0 Å². The van der Waals surface area contributed by atoms with Crippen LogP contribution in [0.2, 0.25) is 0 Å². The van der Waals surface area contributed by atoms with Gasteiger partial charge in [-0.25, -0.2) is 0 Å². The summed E-state index contributed by atoms with van der Waals surface area (Å²) in [5.74, 6) is -0.936. The van der Waals surface area contributed by atoms with Crippen LogP contribution in [0, 0.1) is 0 Å². The number of thiol groups is 1. The van der Waals surface area contributed by atoms with Gasteiger partial charge in [0.25, 0.3) is 5.91 Å². The number of nitrogens with zero attached hydrogens (tertiary/aromatic N) is 2. The largest absolute Gasteiger partial charge is 0.379 e. The molecular weight excluding hydrogens is 446 g/mol. The number of carbonyl (C=O) groups is 2. The molecule has 2 N–H and O–H groups in total. The van der Waals surface area contributed by atoms with Gasteiger partial charge in [0.15, 0.2) is 0 Å². The SMILES string of the molecule is CC(C)(C)c1ccc(N(C(=O)[C@](C)(O)CS)[C@@H](C(=O)NC2CCCCC2)c2cccnc2)cc1. The summed E-state index contributed by atoms with van der Waals surface area (Å²) in [5.41, 5.74) is 0.406. The Labute approximate surface area is 208 Å². The van der Waals surface area contributed by atoms with Crippen LogP contribution < -0.4 is 10.2 Å². The minimum absolute atomic E-state index is 0.0644. The number of hydrogen-bond acceptors (Lipinski definition) is 5. The summed E-state index contributed by atoms with van der Waals surface area (Å²) in [5, 5.41) is 14.1. The number of benzene rings is 1. The first-order chi connectivity index (χ1) is 16.0. The van der Waals surface area contributed by atoms with Gasteiger partial charge in [0, 0.05) is 35.4 Å². The highest BCUT2D eigenvalue weighted by Crippen LogP contribution is 2.33. The van der Waals surface area contributed by atoms with Crippen molar-refractivity contribution < 1.29 is 14.7 Å². The van der Waals surface area contributed by atoms with E-state index in [9.17, 15) is 14.7 Å². The smallest absolute Gasteiger partial charge is 0.260 e. The maximum absolute atomic E-state index is 13.7. The summed E-state index contributed by atoms with van der Waals surface area (Å²) < 4.78 is 0. The minimum Gasteiger partial charge on any atom is -0.379 e. The van der Waals surface area contributed by atoms with Gasteiger partial charge < -0.3 is 10.4 Å². The summed E-state index contributed by atoms with van der Waals surface area (Å²) in [4.78, 5) is 33.1. The van der Waals surface area contributed by atoms with Crippen LogP contribution in [0.4, 0.5) is 5.69 Å². The molecule has 7 heteroatoms. The lowest BCUT2D eigenvalue weighted by atomic mass is 9.87. The van der Waals surface area contributed by atoms with Gasteiger partial charge in [-0.1, -0.05) is 58.2 Å². The van der Waals surface area contributed by atoms with Gasteiger partial charge in [-0.05, 0) is 48.9 Å². The van der Waals surface area contributed by atoms with E-state index in [1.807, 2.05) is 24.3 Å². The van der Waals surface area contributed by atoms with Crippen molar-refractivity contribution in [2.24, 2.45) is 0 Å². The van der Waals surface area contributed by atoms with Crippen molar-refractivity contribution in [1.82, 2.24) is 10.3 Å². The zero-order valence-corrected chi connectivity index (χ0v) is 21.5. The number of anilines is 1. The molecule has 1 heterocycles. The quantitative estimate of drug-likeness (QED) is 0.504. The molecule has 1 fully saturated rings. The Kier molecular flexibility index (Phi) is 8.42. The number of aromatic nitrogens is 1. The molecule has 1 aromatic heterocycles. The van der Waals surface area contributed by atoms with Crippen LogP contribution in [0.3, 0.4) is 0 Å². The first-order valence-corrected chi connectivity index (χ1v) is 12.7. The highest BCUT2D eigenvalue weighted by Gasteiger charge is 2.41. The molecule has 184 valence electrons. The molecule has 2 aromatic rings. The Balaban J connectivity index is 2.09. The fourth-order valence-electron chi connectivity index (χ4n) is 4.32. The molecule has 0 aliphatic heterocycles. The summed E-state index contributed by atoms with van der Waals surface area (Å²) in [7, 11) is 0. The van der Waals surface area contributed by atoms with E-state index in [2.05, 4.69) is 43.7 Å². The zero-order chi connectivity index (χ0) is 24.9. The van der Waals surface area contributed by atoms with Crippen molar-refractivity contribution in [3.8, 4) is 0 Å². The molecule has 2 atom stereocenters. The van der Waals surface area contributed by atoms with Crippen LogP contribution in [0.15, 0.2) is 48.8 Å². The van der Waals surface area contributed by atoms with E-state index in [1.165, 1.54) is 18.2 Å². The Morgan fingerprint density at radius 3 is 2.29 bits per heavy atom. The van der Waals surface area contributed by atoms with Gasteiger partial charge >= 0.3 is 0 Å². The maximum atomic E-state index is 13.7. The van der Waals surface area contributed by atoms with E-state index < -0.39 is 17.6 Å². The first kappa shape index (κ1) is 26.2. The molecule has 0 unspecified atom stereocenters. The van der Waals surface area contributed by atoms with Crippen molar-refractivity contribution >= 4 is 30.1 Å². The van der Waals surface area contributed by atoms with E-state index in [0.717, 1.165) is 31.2 Å². The van der Waals surface area contributed by atoms with Gasteiger partial charge in [0.2, 0.25) is 5.91 Å². The Hall–Kier alpha value is -2.38. The average molecular weight is 484 g/mol. The molecule has 34 heavy (non-hydrogen) atoms. The molecular formula is C27H37N3O3S. The monoisotopic (exact) mass is 483 g/mol. The van der Waals surface area contributed by atoms with Gasteiger partial charge in [-0.3, -0.25) is 19.5 Å². The second kappa shape index (κ2) is 10.9. The van der Waals surface area contributed by atoms with Crippen LogP contribution in [-0.4, -0.2) is 39.3 Å². The molecule has 0 bridgehead atoms. The third-order valence-electron chi connectivity index (χ3n) is 6.46. The molecule has 2 amide bonds. The number of carbonyl (C=O) groups excluding carboxylic acids is 2. The number of pyridine rings is 1. The topological polar surface area (TPSA) is 82.5 Å². The average Bonchev–Trinajstić information content (AvgIpc) is 2.82. The molecule has 0 saturated heterocycles. The molecule has 1 aromatic carbocycles. The van der Waals surface area contributed by atoms with E-state index in [0.29, 0.717) is 11.3 Å². The van der Waals surface area contributed by atoms with Gasteiger partial charge in [0.1, 0.15) is 11.6 Å². The lowest BCUT2D eigenvalue weighted by Crippen LogP contribution is -2.54. The van der Waals surface area contributed by atoms with Crippen LogP contribution in [0.1, 0.15) is 77.0 Å². The van der Waals surface area contributed by atoms with Crippen molar-refractivity contribution in [2.75, 3.05) is 10.7 Å². The van der Waals surface area contributed by atoms with Gasteiger partial charge in [-0.15, -0.1) is 0 Å². The molecule has 1 saturated carbocycles. The first-order valence-electron chi connectivity index (χ1n) is 12.0. The van der Waals surface area contributed by atoms with Crippen molar-refractivity contribution in [2.45, 2.75) is 82.9 Å². The minimum atomic E-state index is -1.75. The number of rotatable bonds is 7. The fourth-order valence-corrected chi connectivity index (χ4v) is 4.45. The van der Waals surface area contributed by atoms with E-state index >= 15 is 0 Å². The van der Waals surface area contributed by atoms with Crippen molar-refractivity contribution in [3.05, 3.63) is 59.9 Å². The normalized spacial score (nSPS) is 17.5. The number of aliphatic hydroxyl groups is 1. The lowest BCUT2D eigenvalue weighted by Gasteiger charge is -2.37. The predicted octanol–water partition coefficient (Wildman–Crippen LogP) is 4.58. The molecule has 3 rings (SSSR count). The highest BCUT2D eigenvalue weighted by molar-refractivity contribution is 7.80. The zero-order valence-electron chi connectivity index (χ0n) is 20.6. The van der Waals surface area contributed by atoms with Crippen LogP contribution in [0.5, 0.6) is 0 Å². The molecule has 1 aliphatic rings. The summed E-state index contributed by atoms with van der Waals surface area (Å²) in [6.45, 7) is 7.78. The molecule has 1 aliphatic carbocycles. The summed E-state index contributed by atoms with van der Waals surface area (Å²) in [6, 6.07) is 10.2. The van der Waals surface area contributed by atoms with Crippen molar-refractivity contribution in [3.63, 3.8) is 0 Å². The summed E-state index contributed by atoms with van der Waals surface area (Å²) in [6.07, 6.45) is 8.41. The Bertz CT molecular complexity index is 965. The van der Waals surface area contributed by atoms with Crippen LogP contribution in [0.25, 0.3) is 0 Å². The lowest BCUT2D eigenvalue weighted by molar-refractivity contribution is -0.136. The third kappa shape index (κ3) is 6.19. The predicted molar refractivity (Wildman–Crippen MR) is 139 cm³/mol. The highest BCUT2D eigenvalue weighted by atomic mass is 32.1. The number of nitrogens with one attached hydrogen (secondary N) is 1. The molecule has 6 nitrogen and oxygen atoms in total. The fraction of sp³-hybridized carbons (Fsp3) is 0.519. The number of amides is 2.